The van der Waals surface area contributed by atoms with Crippen molar-refractivity contribution in [3.05, 3.63) is 71.9 Å². The summed E-state index contributed by atoms with van der Waals surface area (Å²) in [5.41, 5.74) is 2.42. The van der Waals surface area contributed by atoms with Crippen LogP contribution in [-0.2, 0) is 23.6 Å². The van der Waals surface area contributed by atoms with E-state index in [1.165, 1.54) is 16.8 Å². The third kappa shape index (κ3) is 7.53. The molecule has 4 amide bonds. The van der Waals surface area contributed by atoms with Crippen LogP contribution in [0.1, 0.15) is 44.3 Å². The zero-order valence-electron chi connectivity index (χ0n) is 25.6. The summed E-state index contributed by atoms with van der Waals surface area (Å²) in [4.78, 5) is 53.9. The third-order valence-electron chi connectivity index (χ3n) is 7.82. The highest BCUT2D eigenvalue weighted by Gasteiger charge is 2.44. The number of carbonyl (C=O) groups is 4. The molecule has 4 aromatic rings. The number of benzene rings is 1. The number of hydrogen-bond acceptors (Lipinski definition) is 9. The van der Waals surface area contributed by atoms with Crippen LogP contribution in [0.4, 0.5) is 11.4 Å². The number of carbonyl (C=O) groups excluding carboxylic acids is 4. The second-order valence-corrected chi connectivity index (χ2v) is 11.3. The first kappa shape index (κ1) is 33.4. The van der Waals surface area contributed by atoms with Gasteiger partial charge in [0, 0.05) is 50.4 Å². The summed E-state index contributed by atoms with van der Waals surface area (Å²) in [6.07, 6.45) is -3.90. The van der Waals surface area contributed by atoms with E-state index in [2.05, 4.69) is 26.3 Å². The topological polar surface area (TPSA) is 232 Å². The van der Waals surface area contributed by atoms with Gasteiger partial charge in [0.1, 0.15) is 41.5 Å². The highest BCUT2D eigenvalue weighted by atomic mass is 16.6. The van der Waals surface area contributed by atoms with Gasteiger partial charge in [0.05, 0.1) is 18.0 Å². The Kier molecular flexibility index (Phi) is 10.1. The third-order valence-corrected chi connectivity index (χ3v) is 7.82. The van der Waals surface area contributed by atoms with Gasteiger partial charge in [-0.05, 0) is 30.7 Å². The van der Waals surface area contributed by atoms with E-state index in [0.717, 1.165) is 10.9 Å². The first-order chi connectivity index (χ1) is 22.4. The number of nitrogens with zero attached hydrogens (tertiary/aromatic N) is 2. The molecule has 0 unspecified atom stereocenters. The number of nitrogens with one attached hydrogen (secondary N) is 5. The second-order valence-electron chi connectivity index (χ2n) is 11.3. The number of amides is 4. The zero-order valence-corrected chi connectivity index (χ0v) is 25.6. The first-order valence-corrected chi connectivity index (χ1v) is 14.9. The number of para-hydroxylation sites is 1. The number of aliphatic hydroxyl groups excluding tert-OH is 4. The number of aryl methyl sites for hydroxylation is 2. The van der Waals surface area contributed by atoms with Gasteiger partial charge in [-0.25, -0.2) is 0 Å². The molecule has 0 radical (unpaired) electrons. The summed E-state index contributed by atoms with van der Waals surface area (Å²) in [6, 6.07) is 12.2. The Bertz CT molecular complexity index is 1740. The molecule has 1 fully saturated rings. The molecule has 47 heavy (non-hydrogen) atoms. The molecular formula is C31H37N7O9. The molecule has 9 N–H and O–H groups in total. The summed E-state index contributed by atoms with van der Waals surface area (Å²) < 4.78 is 8.34. The van der Waals surface area contributed by atoms with Crippen molar-refractivity contribution < 1.29 is 44.3 Å². The van der Waals surface area contributed by atoms with Crippen LogP contribution in [0, 0.1) is 0 Å². The lowest BCUT2D eigenvalue weighted by Crippen LogP contribution is -2.63. The van der Waals surface area contributed by atoms with E-state index in [9.17, 15) is 39.6 Å². The Morgan fingerprint density at radius 3 is 2.19 bits per heavy atom. The molecular weight excluding hydrogens is 614 g/mol. The monoisotopic (exact) mass is 651 g/mol. The average Bonchev–Trinajstić information content (AvgIpc) is 3.75. The molecule has 4 heterocycles. The molecule has 0 saturated carbocycles. The number of hydrogen-bond donors (Lipinski definition) is 9. The maximum Gasteiger partial charge on any atom is 0.272 e. The fourth-order valence-electron chi connectivity index (χ4n) is 5.30. The Labute approximate surface area is 268 Å². The summed E-state index contributed by atoms with van der Waals surface area (Å²) in [6.45, 7) is -0.434. The van der Waals surface area contributed by atoms with Crippen LogP contribution < -0.4 is 21.3 Å². The van der Waals surface area contributed by atoms with E-state index in [0.29, 0.717) is 29.2 Å². The number of aromatic amines is 1. The van der Waals surface area contributed by atoms with Gasteiger partial charge in [0.15, 0.2) is 6.23 Å². The van der Waals surface area contributed by atoms with Gasteiger partial charge in [-0.3, -0.25) is 19.2 Å². The van der Waals surface area contributed by atoms with Gasteiger partial charge in [0.2, 0.25) is 5.91 Å². The van der Waals surface area contributed by atoms with E-state index in [-0.39, 0.29) is 36.4 Å². The van der Waals surface area contributed by atoms with Crippen LogP contribution in [0.25, 0.3) is 10.9 Å². The molecule has 0 bridgehead atoms. The predicted molar refractivity (Wildman–Crippen MR) is 169 cm³/mol. The van der Waals surface area contributed by atoms with Crippen molar-refractivity contribution >= 4 is 45.9 Å². The SMILES string of the molecule is Cn1cc(NC(=O)c2cc3ccccc3[nH]2)cc1C(=O)NCCCC(=O)Nc1cc(C(=O)N[C@@H]2O[C@H](CO)[C@H](O)[C@H](O)[C@H]2O)n(C)c1. The number of ether oxygens (including phenoxy) is 1. The second kappa shape index (κ2) is 14.2. The van der Waals surface area contributed by atoms with Crippen molar-refractivity contribution in [2.75, 3.05) is 23.8 Å². The number of rotatable bonds is 11. The number of H-pyrrole nitrogens is 1. The summed E-state index contributed by atoms with van der Waals surface area (Å²) >= 11 is 0. The lowest BCUT2D eigenvalue weighted by Gasteiger charge is -2.40. The number of aromatic nitrogens is 3. The van der Waals surface area contributed by atoms with Crippen molar-refractivity contribution in [3.8, 4) is 0 Å². The Morgan fingerprint density at radius 1 is 0.851 bits per heavy atom. The van der Waals surface area contributed by atoms with Gasteiger partial charge in [0.25, 0.3) is 17.7 Å². The summed E-state index contributed by atoms with van der Waals surface area (Å²) in [5, 5.41) is 50.9. The largest absolute Gasteiger partial charge is 0.394 e. The van der Waals surface area contributed by atoms with Gasteiger partial charge < -0.3 is 60.5 Å². The molecule has 0 aliphatic carbocycles. The molecule has 16 heteroatoms. The maximum atomic E-state index is 12.8. The molecule has 16 nitrogen and oxygen atoms in total. The number of fused-ring (bicyclic) bond motifs is 1. The predicted octanol–water partition coefficient (Wildman–Crippen LogP) is -0.224. The van der Waals surface area contributed by atoms with Crippen molar-refractivity contribution in [1.29, 1.82) is 0 Å². The molecule has 0 spiro atoms. The Balaban J connectivity index is 1.07. The summed E-state index contributed by atoms with van der Waals surface area (Å²) in [5.74, 6) is -1.77. The van der Waals surface area contributed by atoms with Crippen molar-refractivity contribution in [1.82, 2.24) is 24.8 Å². The van der Waals surface area contributed by atoms with Gasteiger partial charge in [-0.2, -0.15) is 0 Å². The van der Waals surface area contributed by atoms with E-state index in [4.69, 9.17) is 4.74 Å². The minimum absolute atomic E-state index is 0.0700. The van der Waals surface area contributed by atoms with Gasteiger partial charge in [-0.1, -0.05) is 18.2 Å². The van der Waals surface area contributed by atoms with Crippen LogP contribution in [0.5, 0.6) is 0 Å². The van der Waals surface area contributed by atoms with Crippen LogP contribution >= 0.6 is 0 Å². The maximum absolute atomic E-state index is 12.8. The quantitative estimate of drug-likeness (QED) is 0.0974. The molecule has 1 aromatic carbocycles. The lowest BCUT2D eigenvalue weighted by atomic mass is 9.98. The fourth-order valence-corrected chi connectivity index (χ4v) is 5.30. The van der Waals surface area contributed by atoms with E-state index >= 15 is 0 Å². The van der Waals surface area contributed by atoms with Crippen molar-refractivity contribution in [2.45, 2.75) is 43.5 Å². The van der Waals surface area contributed by atoms with Crippen LogP contribution in [0.2, 0.25) is 0 Å². The lowest BCUT2D eigenvalue weighted by molar-refractivity contribution is -0.233. The number of aliphatic hydroxyl groups is 4. The number of anilines is 2. The summed E-state index contributed by atoms with van der Waals surface area (Å²) in [7, 11) is 3.25. The first-order valence-electron chi connectivity index (χ1n) is 14.9. The van der Waals surface area contributed by atoms with Crippen LogP contribution in [0.3, 0.4) is 0 Å². The highest BCUT2D eigenvalue weighted by molar-refractivity contribution is 6.06. The minimum Gasteiger partial charge on any atom is -0.394 e. The van der Waals surface area contributed by atoms with Gasteiger partial charge in [-0.15, -0.1) is 0 Å². The fraction of sp³-hybridized carbons (Fsp3) is 0.355. The van der Waals surface area contributed by atoms with E-state index in [1.807, 2.05) is 24.3 Å². The Hall–Kier alpha value is -5.00. The molecule has 250 valence electrons. The van der Waals surface area contributed by atoms with Crippen molar-refractivity contribution in [3.63, 3.8) is 0 Å². The smallest absolute Gasteiger partial charge is 0.272 e. The van der Waals surface area contributed by atoms with Crippen molar-refractivity contribution in [2.24, 2.45) is 14.1 Å². The molecule has 5 rings (SSSR count). The molecule has 1 aliphatic rings. The van der Waals surface area contributed by atoms with Crippen LogP contribution in [-0.4, -0.2) is 102 Å². The standard InChI is InChI=1S/C31H37N7O9/c1-37-14-18(34-28(44)20-10-16-6-3-4-7-19(16)35-20)12-21(37)29(45)32-9-5-8-24(40)33-17-11-22(38(2)13-17)30(46)36-31-27(43)26(42)25(41)23(15-39)47-31/h3-4,6-7,10-14,23,25-27,31,35,39,41-43H,5,8-9,15H2,1-2H3,(H,32,45)(H,33,40)(H,34,44)(H,36,46)/t23-,25+,26+,27-,31-/m1/s1. The van der Waals surface area contributed by atoms with Gasteiger partial charge >= 0.3 is 0 Å². The zero-order chi connectivity index (χ0) is 33.8. The molecule has 3 aromatic heterocycles. The average molecular weight is 652 g/mol. The van der Waals surface area contributed by atoms with Crippen LogP contribution in [0.15, 0.2) is 54.9 Å². The molecule has 1 saturated heterocycles. The molecule has 5 atom stereocenters. The minimum atomic E-state index is -1.64. The van der Waals surface area contributed by atoms with E-state index in [1.54, 1.807) is 37.0 Å². The van der Waals surface area contributed by atoms with E-state index < -0.39 is 43.2 Å². The normalized spacial score (nSPS) is 20.9. The Morgan fingerprint density at radius 2 is 1.51 bits per heavy atom. The molecule has 1 aliphatic heterocycles. The highest BCUT2D eigenvalue weighted by Crippen LogP contribution is 2.21.